The van der Waals surface area contributed by atoms with Crippen LogP contribution in [0.3, 0.4) is 0 Å². The largest absolute Gasteiger partial charge is 0.323 e. The fraction of sp³-hybridized carbons (Fsp3) is 0.235. The molecule has 2 aromatic carbocycles. The van der Waals surface area contributed by atoms with Crippen molar-refractivity contribution in [3.63, 3.8) is 0 Å². The normalized spacial score (nSPS) is 12.0. The van der Waals surface area contributed by atoms with Crippen molar-refractivity contribution in [2.24, 2.45) is 0 Å². The van der Waals surface area contributed by atoms with Gasteiger partial charge in [-0.15, -0.1) is 0 Å². The van der Waals surface area contributed by atoms with Crippen molar-refractivity contribution in [3.8, 4) is 0 Å². The van der Waals surface area contributed by atoms with Crippen molar-refractivity contribution < 1.29 is 4.79 Å². The van der Waals surface area contributed by atoms with Gasteiger partial charge in [-0.2, -0.15) is 0 Å². The third-order valence-corrected chi connectivity index (χ3v) is 3.86. The summed E-state index contributed by atoms with van der Waals surface area (Å²) in [5, 5.41) is 6.94. The minimum Gasteiger partial charge on any atom is -0.323 e. The Kier molecular flexibility index (Phi) is 5.83. The highest BCUT2D eigenvalue weighted by atomic mass is 35.5. The second-order valence-corrected chi connectivity index (χ2v) is 6.05. The van der Waals surface area contributed by atoms with Crippen LogP contribution in [0.1, 0.15) is 18.1 Å². The smallest absolute Gasteiger partial charge is 0.241 e. The molecule has 22 heavy (non-hydrogen) atoms. The number of carbonyl (C=O) groups excluding carboxylic acids is 1. The molecule has 1 atom stereocenters. The van der Waals surface area contributed by atoms with Crippen LogP contribution in [0.15, 0.2) is 42.5 Å². The molecule has 0 saturated carbocycles. The van der Waals surface area contributed by atoms with Crippen molar-refractivity contribution in [2.75, 3.05) is 5.32 Å². The molecule has 2 N–H and O–H groups in total. The van der Waals surface area contributed by atoms with Crippen molar-refractivity contribution >= 4 is 34.8 Å². The topological polar surface area (TPSA) is 41.1 Å². The molecule has 0 radical (unpaired) electrons. The molecule has 116 valence electrons. The summed E-state index contributed by atoms with van der Waals surface area (Å²) in [6, 6.07) is 12.8. The number of rotatable bonds is 5. The second kappa shape index (κ2) is 7.63. The molecule has 0 aromatic heterocycles. The molecule has 1 unspecified atom stereocenters. The third kappa shape index (κ3) is 4.73. The van der Waals surface area contributed by atoms with E-state index in [0.29, 0.717) is 22.3 Å². The van der Waals surface area contributed by atoms with Crippen LogP contribution < -0.4 is 10.6 Å². The molecule has 0 saturated heterocycles. The maximum absolute atomic E-state index is 12.2. The standard InChI is InChI=1S/C17H18Cl2N2O/c1-11-3-5-13(6-4-11)10-20-12(2)17(22)21-16-8-7-14(18)9-15(16)19/h3-9,12,20H,10H2,1-2H3,(H,21,22). The first-order valence-electron chi connectivity index (χ1n) is 7.00. The molecule has 5 heteroatoms. The molecule has 0 aliphatic rings. The molecule has 1 amide bonds. The Labute approximate surface area is 140 Å². The van der Waals surface area contributed by atoms with E-state index in [1.54, 1.807) is 18.2 Å². The Morgan fingerprint density at radius 2 is 1.82 bits per heavy atom. The van der Waals surface area contributed by atoms with E-state index >= 15 is 0 Å². The molecule has 2 aromatic rings. The van der Waals surface area contributed by atoms with Gasteiger partial charge in [0, 0.05) is 11.6 Å². The number of hydrogen-bond donors (Lipinski definition) is 2. The van der Waals surface area contributed by atoms with Crippen molar-refractivity contribution in [2.45, 2.75) is 26.4 Å². The van der Waals surface area contributed by atoms with E-state index in [-0.39, 0.29) is 11.9 Å². The Morgan fingerprint density at radius 1 is 1.14 bits per heavy atom. The van der Waals surface area contributed by atoms with Gasteiger partial charge in [-0.1, -0.05) is 53.0 Å². The van der Waals surface area contributed by atoms with E-state index in [0.717, 1.165) is 5.56 Å². The quantitative estimate of drug-likeness (QED) is 0.848. The number of amides is 1. The Hall–Kier alpha value is -1.55. The molecule has 0 bridgehead atoms. The first-order valence-corrected chi connectivity index (χ1v) is 7.76. The second-order valence-electron chi connectivity index (χ2n) is 5.20. The summed E-state index contributed by atoms with van der Waals surface area (Å²) in [6.45, 7) is 4.49. The number of halogens is 2. The average molecular weight is 337 g/mol. The van der Waals surface area contributed by atoms with Gasteiger partial charge in [0.05, 0.1) is 16.8 Å². The lowest BCUT2D eigenvalue weighted by atomic mass is 10.1. The van der Waals surface area contributed by atoms with Crippen LogP contribution in [0.25, 0.3) is 0 Å². The van der Waals surface area contributed by atoms with E-state index in [4.69, 9.17) is 23.2 Å². The van der Waals surface area contributed by atoms with Crippen LogP contribution in [-0.4, -0.2) is 11.9 Å². The van der Waals surface area contributed by atoms with Gasteiger partial charge in [0.15, 0.2) is 0 Å². The van der Waals surface area contributed by atoms with Gasteiger partial charge < -0.3 is 10.6 Å². The van der Waals surface area contributed by atoms with Crippen LogP contribution in [-0.2, 0) is 11.3 Å². The molecule has 0 spiro atoms. The maximum Gasteiger partial charge on any atom is 0.241 e. The van der Waals surface area contributed by atoms with Crippen LogP contribution in [0.2, 0.25) is 10.0 Å². The van der Waals surface area contributed by atoms with Crippen LogP contribution in [0.5, 0.6) is 0 Å². The van der Waals surface area contributed by atoms with Gasteiger partial charge in [0.25, 0.3) is 0 Å². The van der Waals surface area contributed by atoms with Crippen LogP contribution in [0.4, 0.5) is 5.69 Å². The summed E-state index contributed by atoms with van der Waals surface area (Å²) < 4.78 is 0. The number of benzene rings is 2. The fourth-order valence-electron chi connectivity index (χ4n) is 1.90. The zero-order valence-corrected chi connectivity index (χ0v) is 14.0. The number of hydrogen-bond acceptors (Lipinski definition) is 2. The zero-order valence-electron chi connectivity index (χ0n) is 12.5. The average Bonchev–Trinajstić information content (AvgIpc) is 2.49. The summed E-state index contributed by atoms with van der Waals surface area (Å²) in [6.07, 6.45) is 0. The highest BCUT2D eigenvalue weighted by molar-refractivity contribution is 6.36. The highest BCUT2D eigenvalue weighted by Crippen LogP contribution is 2.25. The minimum atomic E-state index is -0.340. The van der Waals surface area contributed by atoms with Crippen molar-refractivity contribution in [1.29, 1.82) is 0 Å². The third-order valence-electron chi connectivity index (χ3n) is 3.32. The molecular formula is C17H18Cl2N2O. The predicted octanol–water partition coefficient (Wildman–Crippen LogP) is 4.42. The fourth-order valence-corrected chi connectivity index (χ4v) is 2.36. The van der Waals surface area contributed by atoms with Crippen LogP contribution >= 0.6 is 23.2 Å². The molecule has 0 heterocycles. The molecular weight excluding hydrogens is 319 g/mol. The molecule has 3 nitrogen and oxygen atoms in total. The SMILES string of the molecule is Cc1ccc(CNC(C)C(=O)Nc2ccc(Cl)cc2Cl)cc1. The van der Waals surface area contributed by atoms with Crippen molar-refractivity contribution in [1.82, 2.24) is 5.32 Å². The summed E-state index contributed by atoms with van der Waals surface area (Å²) in [7, 11) is 0. The molecule has 0 aliphatic carbocycles. The van der Waals surface area contributed by atoms with Crippen LogP contribution in [0, 0.1) is 6.92 Å². The predicted molar refractivity (Wildman–Crippen MR) is 92.6 cm³/mol. The van der Waals surface area contributed by atoms with Gasteiger partial charge in [-0.05, 0) is 37.6 Å². The van der Waals surface area contributed by atoms with E-state index in [1.807, 2.05) is 26.0 Å². The first-order chi connectivity index (χ1) is 10.5. The summed E-state index contributed by atoms with van der Waals surface area (Å²) in [5.74, 6) is -0.142. The molecule has 2 rings (SSSR count). The van der Waals surface area contributed by atoms with Gasteiger partial charge in [0.1, 0.15) is 0 Å². The van der Waals surface area contributed by atoms with Gasteiger partial charge >= 0.3 is 0 Å². The number of carbonyl (C=O) groups is 1. The maximum atomic E-state index is 12.2. The number of aryl methyl sites for hydroxylation is 1. The summed E-state index contributed by atoms with van der Waals surface area (Å²) in [5.41, 5.74) is 2.90. The highest BCUT2D eigenvalue weighted by Gasteiger charge is 2.13. The van der Waals surface area contributed by atoms with E-state index in [9.17, 15) is 4.79 Å². The molecule has 0 fully saturated rings. The van der Waals surface area contributed by atoms with Gasteiger partial charge in [0.2, 0.25) is 5.91 Å². The summed E-state index contributed by atoms with van der Waals surface area (Å²) in [4.78, 5) is 12.2. The number of anilines is 1. The Bertz CT molecular complexity index is 656. The first kappa shape index (κ1) is 16.8. The van der Waals surface area contributed by atoms with Crippen molar-refractivity contribution in [3.05, 3.63) is 63.6 Å². The van der Waals surface area contributed by atoms with Gasteiger partial charge in [-0.25, -0.2) is 0 Å². The lowest BCUT2D eigenvalue weighted by Gasteiger charge is -2.15. The van der Waals surface area contributed by atoms with E-state index < -0.39 is 0 Å². The van der Waals surface area contributed by atoms with E-state index in [1.165, 1.54) is 5.56 Å². The minimum absolute atomic E-state index is 0.142. The lowest BCUT2D eigenvalue weighted by Crippen LogP contribution is -2.37. The van der Waals surface area contributed by atoms with Gasteiger partial charge in [-0.3, -0.25) is 4.79 Å². The monoisotopic (exact) mass is 336 g/mol. The number of nitrogens with one attached hydrogen (secondary N) is 2. The lowest BCUT2D eigenvalue weighted by molar-refractivity contribution is -0.117. The van der Waals surface area contributed by atoms with E-state index in [2.05, 4.69) is 22.8 Å². The zero-order chi connectivity index (χ0) is 16.1. The summed E-state index contributed by atoms with van der Waals surface area (Å²) >= 11 is 11.9. The Balaban J connectivity index is 1.90. The molecule has 0 aliphatic heterocycles. The Morgan fingerprint density at radius 3 is 2.45 bits per heavy atom.